The zero-order valence-electron chi connectivity index (χ0n) is 33.3. The Morgan fingerprint density at radius 1 is 0.692 bits per heavy atom. The van der Waals surface area contributed by atoms with Crippen LogP contribution >= 0.6 is 0 Å². The Morgan fingerprint density at radius 2 is 1.27 bits per heavy atom. The summed E-state index contributed by atoms with van der Waals surface area (Å²) in [6, 6.07) is 0.309. The van der Waals surface area contributed by atoms with Crippen molar-refractivity contribution in [3.8, 4) is 0 Å². The van der Waals surface area contributed by atoms with Gasteiger partial charge in [0.05, 0.1) is 0 Å². The Hall–Kier alpha value is -1.75. The third kappa shape index (κ3) is 10.5. The molecule has 4 saturated carbocycles. The number of aliphatic hydroxyl groups is 1. The molecular formula is C42H78N6O4. The van der Waals surface area contributed by atoms with E-state index in [-0.39, 0.29) is 53.3 Å². The number of hydrogen-bond acceptors (Lipinski definition) is 7. The van der Waals surface area contributed by atoms with E-state index >= 15 is 0 Å². The van der Waals surface area contributed by atoms with Crippen LogP contribution in [0.25, 0.3) is 0 Å². The van der Waals surface area contributed by atoms with Crippen molar-refractivity contribution in [2.45, 2.75) is 174 Å². The van der Waals surface area contributed by atoms with Crippen molar-refractivity contribution in [1.82, 2.24) is 16.0 Å². The quantitative estimate of drug-likeness (QED) is 0.0739. The summed E-state index contributed by atoms with van der Waals surface area (Å²) >= 11 is 0. The Labute approximate surface area is 316 Å². The molecular weight excluding hydrogens is 652 g/mol. The minimum absolute atomic E-state index is 0.0685. The van der Waals surface area contributed by atoms with Crippen LogP contribution in [0.4, 0.5) is 0 Å². The van der Waals surface area contributed by atoms with Gasteiger partial charge in [-0.2, -0.15) is 0 Å². The molecule has 0 saturated heterocycles. The number of carbonyl (C=O) groups excluding carboxylic acids is 3. The first-order valence-corrected chi connectivity index (χ1v) is 21.6. The molecule has 11 atom stereocenters. The molecule has 10 heteroatoms. The van der Waals surface area contributed by atoms with Crippen molar-refractivity contribution in [2.75, 3.05) is 26.2 Å². The highest BCUT2D eigenvalue weighted by molar-refractivity contribution is 5.77. The second-order valence-corrected chi connectivity index (χ2v) is 18.0. The van der Waals surface area contributed by atoms with E-state index in [0.717, 1.165) is 116 Å². The predicted octanol–water partition coefficient (Wildman–Crippen LogP) is 5.29. The first-order chi connectivity index (χ1) is 25.0. The van der Waals surface area contributed by atoms with E-state index in [4.69, 9.17) is 17.2 Å². The summed E-state index contributed by atoms with van der Waals surface area (Å²) in [6.45, 7) is 9.53. The fraction of sp³-hybridized carbons (Fsp3) is 0.929. The van der Waals surface area contributed by atoms with Gasteiger partial charge in [-0.3, -0.25) is 14.4 Å². The van der Waals surface area contributed by atoms with Gasteiger partial charge in [-0.1, -0.05) is 40.0 Å². The molecule has 0 heterocycles. The molecule has 4 aliphatic rings. The number of fused-ring (bicyclic) bond motifs is 5. The third-order valence-corrected chi connectivity index (χ3v) is 14.8. The van der Waals surface area contributed by atoms with Crippen LogP contribution in [0.3, 0.4) is 0 Å². The molecule has 4 fully saturated rings. The second kappa shape index (κ2) is 20.8. The number of nitrogens with one attached hydrogen (secondary N) is 3. The molecule has 0 bridgehead atoms. The van der Waals surface area contributed by atoms with E-state index < -0.39 is 0 Å². The first kappa shape index (κ1) is 43.0. The number of carbonyl (C=O) groups is 3. The molecule has 0 aromatic heterocycles. The Bertz CT molecular complexity index is 1120. The van der Waals surface area contributed by atoms with E-state index in [1.807, 2.05) is 0 Å². The van der Waals surface area contributed by atoms with Gasteiger partial charge in [0, 0.05) is 44.0 Å². The number of unbranched alkanes of at least 4 members (excludes halogenated alkanes) is 6. The number of nitrogens with two attached hydrogens (primary N) is 3. The lowest BCUT2D eigenvalue weighted by atomic mass is 9.42. The third-order valence-electron chi connectivity index (χ3n) is 14.8. The number of rotatable bonds is 22. The Kier molecular flexibility index (Phi) is 17.2. The molecule has 3 amide bonds. The van der Waals surface area contributed by atoms with Gasteiger partial charge in [-0.15, -0.1) is 0 Å². The van der Waals surface area contributed by atoms with Gasteiger partial charge in [0.15, 0.2) is 0 Å². The van der Waals surface area contributed by atoms with E-state index in [2.05, 4.69) is 36.7 Å². The lowest BCUT2D eigenvalue weighted by molar-refractivity contribution is -0.154. The zero-order valence-corrected chi connectivity index (χ0v) is 33.3. The van der Waals surface area contributed by atoms with Crippen LogP contribution in [0.1, 0.15) is 156 Å². The highest BCUT2D eigenvalue weighted by atomic mass is 16.3. The van der Waals surface area contributed by atoms with Crippen LogP contribution in [-0.2, 0) is 14.4 Å². The molecule has 300 valence electrons. The van der Waals surface area contributed by atoms with Crippen molar-refractivity contribution in [3.63, 3.8) is 0 Å². The maximum atomic E-state index is 13.7. The highest BCUT2D eigenvalue weighted by Gasteiger charge is 2.66. The summed E-state index contributed by atoms with van der Waals surface area (Å²) in [7, 11) is 0. The molecule has 0 spiro atoms. The van der Waals surface area contributed by atoms with Crippen molar-refractivity contribution in [1.29, 1.82) is 0 Å². The van der Waals surface area contributed by atoms with Gasteiger partial charge in [0.25, 0.3) is 0 Å². The van der Waals surface area contributed by atoms with Crippen molar-refractivity contribution < 1.29 is 19.5 Å². The molecule has 0 aromatic rings. The van der Waals surface area contributed by atoms with Gasteiger partial charge < -0.3 is 38.3 Å². The van der Waals surface area contributed by atoms with Crippen LogP contribution in [0, 0.1) is 46.3 Å². The lowest BCUT2D eigenvalue weighted by Crippen LogP contribution is -2.67. The minimum Gasteiger partial charge on any atom is -0.396 e. The molecule has 10 nitrogen and oxygen atoms in total. The van der Waals surface area contributed by atoms with Gasteiger partial charge in [-0.25, -0.2) is 0 Å². The Morgan fingerprint density at radius 3 is 1.85 bits per heavy atom. The molecule has 0 radical (unpaired) electrons. The average molecular weight is 731 g/mol. The minimum atomic E-state index is -0.0919. The van der Waals surface area contributed by atoms with Crippen molar-refractivity contribution in [3.05, 3.63) is 0 Å². The standard InChI is InChI=1S/C42H78N6O4/c1-29(14-13-25-49)32-18-19-33-40-34(28-36(42(32,33)3)48-39(52)17-9-6-12-24-45)41(2)21-20-31(46-37(50)15-7-4-10-22-43)26-30(41)27-35(40)47-38(51)16-8-5-11-23-44/h29-36,40,49H,4-28,43-45H2,1-3H3,(H,46,50)(H,47,51)(H,48,52)/t29-,30?,31-,32-,33+,34+,35?,36+,40?,41+,42-/m1/s1. The average Bonchev–Trinajstić information content (AvgIpc) is 3.48. The molecule has 0 aliphatic heterocycles. The van der Waals surface area contributed by atoms with Crippen LogP contribution in [-0.4, -0.2) is 67.2 Å². The topological polar surface area (TPSA) is 186 Å². The van der Waals surface area contributed by atoms with Crippen LogP contribution in [0.5, 0.6) is 0 Å². The summed E-state index contributed by atoms with van der Waals surface area (Å²) in [5.41, 5.74) is 17.1. The molecule has 10 N–H and O–H groups in total. The van der Waals surface area contributed by atoms with Gasteiger partial charge in [0.2, 0.25) is 17.7 Å². The maximum Gasteiger partial charge on any atom is 0.220 e. The lowest BCUT2D eigenvalue weighted by Gasteiger charge is -2.65. The fourth-order valence-corrected chi connectivity index (χ4v) is 12.0. The van der Waals surface area contributed by atoms with Crippen LogP contribution in [0.15, 0.2) is 0 Å². The van der Waals surface area contributed by atoms with Crippen molar-refractivity contribution >= 4 is 17.7 Å². The molecule has 4 rings (SSSR count). The largest absolute Gasteiger partial charge is 0.396 e. The molecule has 4 aliphatic carbocycles. The smallest absolute Gasteiger partial charge is 0.220 e. The van der Waals surface area contributed by atoms with Crippen molar-refractivity contribution in [2.24, 2.45) is 63.5 Å². The summed E-state index contributed by atoms with van der Waals surface area (Å²) in [6.07, 6.45) is 18.9. The molecule has 52 heavy (non-hydrogen) atoms. The summed E-state index contributed by atoms with van der Waals surface area (Å²) in [5.74, 6) is 2.84. The first-order valence-electron chi connectivity index (χ1n) is 21.6. The van der Waals surface area contributed by atoms with E-state index in [1.165, 1.54) is 0 Å². The van der Waals surface area contributed by atoms with E-state index in [0.29, 0.717) is 74.4 Å². The maximum absolute atomic E-state index is 13.7. The Balaban J connectivity index is 1.62. The summed E-state index contributed by atoms with van der Waals surface area (Å²) in [4.78, 5) is 40.4. The van der Waals surface area contributed by atoms with Crippen LogP contribution in [0.2, 0.25) is 0 Å². The van der Waals surface area contributed by atoms with Gasteiger partial charge >= 0.3 is 0 Å². The SMILES string of the molecule is C[C@H](CCCO)[C@H]1CC[C@H]2C3C(NC(=O)CCCCCN)CC4C[C@H](NC(=O)CCCCCN)CC[C@]4(C)[C@H]3C[C@H](NC(=O)CCCCCN)[C@]12C. The summed E-state index contributed by atoms with van der Waals surface area (Å²) < 4.78 is 0. The number of aliphatic hydroxyl groups excluding tert-OH is 1. The normalized spacial score (nSPS) is 34.4. The van der Waals surface area contributed by atoms with E-state index in [1.54, 1.807) is 0 Å². The molecule has 0 aromatic carbocycles. The second-order valence-electron chi connectivity index (χ2n) is 18.0. The predicted molar refractivity (Wildman–Crippen MR) is 210 cm³/mol. The van der Waals surface area contributed by atoms with Gasteiger partial charge in [0.1, 0.15) is 0 Å². The fourth-order valence-electron chi connectivity index (χ4n) is 12.0. The van der Waals surface area contributed by atoms with E-state index in [9.17, 15) is 19.5 Å². The number of hydrogen-bond donors (Lipinski definition) is 7. The van der Waals surface area contributed by atoms with Gasteiger partial charge in [-0.05, 0) is 162 Å². The number of amides is 3. The molecule has 3 unspecified atom stereocenters. The van der Waals surface area contributed by atoms with Crippen LogP contribution < -0.4 is 33.2 Å². The summed E-state index contributed by atoms with van der Waals surface area (Å²) in [5, 5.41) is 20.5. The monoisotopic (exact) mass is 731 g/mol. The highest BCUT2D eigenvalue weighted by Crippen LogP contribution is 2.68. The zero-order chi connectivity index (χ0) is 37.7.